The number of aromatic nitrogens is 1. The van der Waals surface area contributed by atoms with Gasteiger partial charge >= 0.3 is 0 Å². The van der Waals surface area contributed by atoms with Crippen molar-refractivity contribution in [3.05, 3.63) is 81.8 Å². The SMILES string of the molecule is COc1ccc(/C=C\C(=O)Nc2ncc(Cc3ccccc3Cl)s2)cc1. The second kappa shape index (κ2) is 8.65. The van der Waals surface area contributed by atoms with Crippen molar-refractivity contribution in [2.45, 2.75) is 6.42 Å². The number of ether oxygens (including phenoxy) is 1. The van der Waals surface area contributed by atoms with Crippen LogP contribution < -0.4 is 10.1 Å². The van der Waals surface area contributed by atoms with Crippen molar-refractivity contribution in [1.82, 2.24) is 4.98 Å². The van der Waals surface area contributed by atoms with Gasteiger partial charge in [0.2, 0.25) is 5.91 Å². The average Bonchev–Trinajstić information content (AvgIpc) is 3.09. The fraction of sp³-hybridized carbons (Fsp3) is 0.100. The molecule has 3 rings (SSSR count). The van der Waals surface area contributed by atoms with E-state index in [2.05, 4.69) is 10.3 Å². The molecular weight excluding hydrogens is 368 g/mol. The van der Waals surface area contributed by atoms with E-state index in [1.807, 2.05) is 48.5 Å². The van der Waals surface area contributed by atoms with Gasteiger partial charge < -0.3 is 4.74 Å². The first kappa shape index (κ1) is 18.2. The van der Waals surface area contributed by atoms with E-state index in [1.54, 1.807) is 19.4 Å². The fourth-order valence-corrected chi connectivity index (χ4v) is 3.35. The molecule has 132 valence electrons. The number of thiazole rings is 1. The van der Waals surface area contributed by atoms with Crippen LogP contribution in [0.5, 0.6) is 5.75 Å². The maximum absolute atomic E-state index is 12.1. The lowest BCUT2D eigenvalue weighted by Crippen LogP contribution is -2.07. The molecule has 0 spiro atoms. The summed E-state index contributed by atoms with van der Waals surface area (Å²) in [5, 5.41) is 4.08. The zero-order valence-corrected chi connectivity index (χ0v) is 15.7. The van der Waals surface area contributed by atoms with Crippen LogP contribution in [-0.2, 0) is 11.2 Å². The second-order valence-corrected chi connectivity index (χ2v) is 7.02. The lowest BCUT2D eigenvalue weighted by molar-refractivity contribution is -0.111. The Morgan fingerprint density at radius 3 is 2.73 bits per heavy atom. The number of benzene rings is 2. The van der Waals surface area contributed by atoms with Crippen LogP contribution in [0.15, 0.2) is 60.8 Å². The number of hydrogen-bond donors (Lipinski definition) is 1. The minimum absolute atomic E-state index is 0.223. The minimum atomic E-state index is -0.223. The molecular formula is C20H17ClN2O2S. The maximum atomic E-state index is 12.1. The largest absolute Gasteiger partial charge is 0.497 e. The predicted molar refractivity (Wildman–Crippen MR) is 107 cm³/mol. The molecule has 0 fully saturated rings. The fourth-order valence-electron chi connectivity index (χ4n) is 2.31. The molecule has 0 bridgehead atoms. The van der Waals surface area contributed by atoms with E-state index >= 15 is 0 Å². The van der Waals surface area contributed by atoms with Crippen molar-refractivity contribution in [3.63, 3.8) is 0 Å². The lowest BCUT2D eigenvalue weighted by Gasteiger charge is -2.00. The summed E-state index contributed by atoms with van der Waals surface area (Å²) in [7, 11) is 1.62. The van der Waals surface area contributed by atoms with E-state index in [4.69, 9.17) is 16.3 Å². The molecule has 1 N–H and O–H groups in total. The molecule has 4 nitrogen and oxygen atoms in total. The molecule has 0 aliphatic rings. The minimum Gasteiger partial charge on any atom is -0.497 e. The highest BCUT2D eigenvalue weighted by Crippen LogP contribution is 2.24. The Labute approximate surface area is 161 Å². The molecule has 0 saturated carbocycles. The molecule has 26 heavy (non-hydrogen) atoms. The van der Waals surface area contributed by atoms with Crippen LogP contribution in [0.25, 0.3) is 6.08 Å². The van der Waals surface area contributed by atoms with Crippen molar-refractivity contribution in [2.75, 3.05) is 12.4 Å². The van der Waals surface area contributed by atoms with E-state index in [9.17, 15) is 4.79 Å². The van der Waals surface area contributed by atoms with Crippen LogP contribution in [0.4, 0.5) is 5.13 Å². The van der Waals surface area contributed by atoms with Gasteiger partial charge in [0.1, 0.15) is 5.75 Å². The number of nitrogens with zero attached hydrogens (tertiary/aromatic N) is 1. The van der Waals surface area contributed by atoms with Crippen LogP contribution in [0, 0.1) is 0 Å². The monoisotopic (exact) mass is 384 g/mol. The Morgan fingerprint density at radius 1 is 1.23 bits per heavy atom. The number of methoxy groups -OCH3 is 1. The van der Waals surface area contributed by atoms with Gasteiger partial charge in [-0.3, -0.25) is 10.1 Å². The van der Waals surface area contributed by atoms with Gasteiger partial charge in [0.05, 0.1) is 7.11 Å². The Morgan fingerprint density at radius 2 is 2.00 bits per heavy atom. The first-order valence-electron chi connectivity index (χ1n) is 7.95. The number of amides is 1. The summed E-state index contributed by atoms with van der Waals surface area (Å²) < 4.78 is 5.11. The molecule has 1 aromatic heterocycles. The van der Waals surface area contributed by atoms with Crippen LogP contribution in [0.1, 0.15) is 16.0 Å². The lowest BCUT2D eigenvalue weighted by atomic mass is 10.1. The molecule has 0 unspecified atom stereocenters. The summed E-state index contributed by atoms with van der Waals surface area (Å²) in [4.78, 5) is 17.3. The van der Waals surface area contributed by atoms with Gasteiger partial charge in [0.25, 0.3) is 0 Å². The third-order valence-corrected chi connectivity index (χ3v) is 4.93. The predicted octanol–water partition coefficient (Wildman–Crippen LogP) is 5.05. The third-order valence-electron chi connectivity index (χ3n) is 3.65. The first-order chi connectivity index (χ1) is 12.6. The highest BCUT2D eigenvalue weighted by molar-refractivity contribution is 7.15. The van der Waals surface area contributed by atoms with E-state index in [1.165, 1.54) is 17.4 Å². The number of anilines is 1. The Kier molecular flexibility index (Phi) is 6.04. The number of carbonyl (C=O) groups is 1. The molecule has 0 radical (unpaired) electrons. The van der Waals surface area contributed by atoms with E-state index in [0.717, 1.165) is 26.8 Å². The maximum Gasteiger partial charge on any atom is 0.250 e. The van der Waals surface area contributed by atoms with Crippen molar-refractivity contribution in [3.8, 4) is 5.75 Å². The second-order valence-electron chi connectivity index (χ2n) is 5.50. The van der Waals surface area contributed by atoms with Gasteiger partial charge in [-0.1, -0.05) is 41.9 Å². The number of rotatable bonds is 6. The van der Waals surface area contributed by atoms with Crippen molar-refractivity contribution >= 4 is 40.1 Å². The molecule has 0 saturated heterocycles. The highest BCUT2D eigenvalue weighted by Gasteiger charge is 2.07. The average molecular weight is 385 g/mol. The van der Waals surface area contributed by atoms with Crippen LogP contribution in [0.3, 0.4) is 0 Å². The van der Waals surface area contributed by atoms with Gasteiger partial charge in [-0.2, -0.15) is 0 Å². The molecule has 1 heterocycles. The summed E-state index contributed by atoms with van der Waals surface area (Å²) in [5.41, 5.74) is 1.95. The summed E-state index contributed by atoms with van der Waals surface area (Å²) in [6.45, 7) is 0. The molecule has 6 heteroatoms. The van der Waals surface area contributed by atoms with Gasteiger partial charge in [-0.15, -0.1) is 11.3 Å². The van der Waals surface area contributed by atoms with Crippen molar-refractivity contribution in [1.29, 1.82) is 0 Å². The highest BCUT2D eigenvalue weighted by atomic mass is 35.5. The number of carbonyl (C=O) groups excluding carboxylic acids is 1. The van der Waals surface area contributed by atoms with Crippen molar-refractivity contribution in [2.24, 2.45) is 0 Å². The molecule has 1 amide bonds. The Balaban J connectivity index is 1.58. The molecule has 0 aliphatic carbocycles. The topological polar surface area (TPSA) is 51.2 Å². The summed E-state index contributed by atoms with van der Waals surface area (Å²) in [6.07, 6.45) is 5.68. The zero-order valence-electron chi connectivity index (χ0n) is 14.1. The quantitative estimate of drug-likeness (QED) is 0.605. The van der Waals surface area contributed by atoms with Crippen LogP contribution in [-0.4, -0.2) is 18.0 Å². The smallest absolute Gasteiger partial charge is 0.250 e. The van der Waals surface area contributed by atoms with Gasteiger partial charge in [-0.25, -0.2) is 4.98 Å². The molecule has 2 aromatic carbocycles. The Hall–Kier alpha value is -2.63. The van der Waals surface area contributed by atoms with Crippen molar-refractivity contribution < 1.29 is 9.53 Å². The van der Waals surface area contributed by atoms with E-state index in [0.29, 0.717) is 11.6 Å². The molecule has 0 aliphatic heterocycles. The van der Waals surface area contributed by atoms with Crippen LogP contribution >= 0.6 is 22.9 Å². The van der Waals surface area contributed by atoms with E-state index < -0.39 is 0 Å². The molecule has 0 atom stereocenters. The standard InChI is InChI=1S/C20H17ClN2O2S/c1-25-16-9-6-14(7-10-16)8-11-19(24)23-20-22-13-17(26-20)12-15-4-2-3-5-18(15)21/h2-11,13H,12H2,1H3,(H,22,23,24)/b11-8-. The number of nitrogens with one attached hydrogen (secondary N) is 1. The summed E-state index contributed by atoms with van der Waals surface area (Å²) in [6, 6.07) is 15.2. The molecule has 3 aromatic rings. The summed E-state index contributed by atoms with van der Waals surface area (Å²) >= 11 is 7.62. The number of hydrogen-bond acceptors (Lipinski definition) is 4. The van der Waals surface area contributed by atoms with E-state index in [-0.39, 0.29) is 5.91 Å². The normalized spacial score (nSPS) is 10.8. The number of halogens is 1. The van der Waals surface area contributed by atoms with Gasteiger partial charge in [0, 0.05) is 28.6 Å². The van der Waals surface area contributed by atoms with Gasteiger partial charge in [-0.05, 0) is 35.4 Å². The van der Waals surface area contributed by atoms with Crippen LogP contribution in [0.2, 0.25) is 5.02 Å². The zero-order chi connectivity index (χ0) is 18.4. The Bertz CT molecular complexity index is 920. The van der Waals surface area contributed by atoms with Gasteiger partial charge in [0.15, 0.2) is 5.13 Å². The first-order valence-corrected chi connectivity index (χ1v) is 9.15. The summed E-state index contributed by atoms with van der Waals surface area (Å²) in [5.74, 6) is 0.555. The third kappa shape index (κ3) is 4.94.